The van der Waals surface area contributed by atoms with Crippen LogP contribution in [0.1, 0.15) is 66.8 Å². The van der Waals surface area contributed by atoms with Crippen molar-refractivity contribution in [3.05, 3.63) is 76.0 Å². The predicted molar refractivity (Wildman–Crippen MR) is 124 cm³/mol. The Kier molecular flexibility index (Phi) is 6.55. The van der Waals surface area contributed by atoms with E-state index in [1.807, 2.05) is 30.3 Å². The van der Waals surface area contributed by atoms with E-state index in [1.54, 1.807) is 34.4 Å². The van der Waals surface area contributed by atoms with Gasteiger partial charge in [0.05, 0.1) is 24.6 Å². The van der Waals surface area contributed by atoms with Crippen LogP contribution in [0, 0.1) is 11.8 Å². The molecule has 0 amide bonds. The molecule has 1 aromatic heterocycles. The second kappa shape index (κ2) is 9.69. The first-order valence-electron chi connectivity index (χ1n) is 11.1. The fourth-order valence-electron chi connectivity index (χ4n) is 4.37. The van der Waals surface area contributed by atoms with Crippen LogP contribution in [0.3, 0.4) is 0 Å². The summed E-state index contributed by atoms with van der Waals surface area (Å²) in [5.41, 5.74) is 2.65. The lowest BCUT2D eigenvalue weighted by Crippen LogP contribution is -2.29. The van der Waals surface area contributed by atoms with Crippen LogP contribution in [0.25, 0.3) is 11.1 Å². The Morgan fingerprint density at radius 1 is 1.09 bits per heavy atom. The number of rotatable bonds is 6. The summed E-state index contributed by atoms with van der Waals surface area (Å²) in [6.07, 6.45) is 5.91. The van der Waals surface area contributed by atoms with Gasteiger partial charge in [-0.05, 0) is 42.5 Å². The van der Waals surface area contributed by atoms with E-state index in [2.05, 4.69) is 16.9 Å². The average Bonchev–Trinajstić information content (AvgIpc) is 3.14. The number of carbonyl (C=O) groups is 1. The van der Waals surface area contributed by atoms with Gasteiger partial charge < -0.3 is 5.11 Å². The van der Waals surface area contributed by atoms with Gasteiger partial charge in [0.1, 0.15) is 5.82 Å². The van der Waals surface area contributed by atoms with Gasteiger partial charge in [-0.1, -0.05) is 67.6 Å². The second-order valence-corrected chi connectivity index (χ2v) is 8.17. The highest BCUT2D eigenvalue weighted by Crippen LogP contribution is 2.27. The van der Waals surface area contributed by atoms with Gasteiger partial charge in [0.2, 0.25) is 0 Å². The van der Waals surface area contributed by atoms with E-state index in [4.69, 9.17) is 0 Å². The van der Waals surface area contributed by atoms with Gasteiger partial charge in [-0.2, -0.15) is 5.10 Å². The highest BCUT2D eigenvalue weighted by Gasteiger charge is 2.22. The molecule has 6 heteroatoms. The molecule has 0 spiro atoms. The van der Waals surface area contributed by atoms with Crippen LogP contribution in [-0.2, 0) is 13.0 Å². The summed E-state index contributed by atoms with van der Waals surface area (Å²) in [6, 6.07) is 14.8. The van der Waals surface area contributed by atoms with Gasteiger partial charge in [0.15, 0.2) is 0 Å². The summed E-state index contributed by atoms with van der Waals surface area (Å²) in [5.74, 6) is 5.67. The third kappa shape index (κ3) is 4.52. The van der Waals surface area contributed by atoms with Crippen molar-refractivity contribution in [1.82, 2.24) is 14.3 Å². The molecule has 0 bridgehead atoms. The van der Waals surface area contributed by atoms with E-state index in [1.165, 1.54) is 6.42 Å². The van der Waals surface area contributed by atoms with E-state index in [0.717, 1.165) is 36.8 Å². The van der Waals surface area contributed by atoms with Crippen molar-refractivity contribution in [2.45, 2.75) is 58.0 Å². The van der Waals surface area contributed by atoms with Crippen LogP contribution in [0.2, 0.25) is 0 Å². The molecule has 4 rings (SSSR count). The highest BCUT2D eigenvalue weighted by molar-refractivity contribution is 5.95. The van der Waals surface area contributed by atoms with Gasteiger partial charge in [0, 0.05) is 0 Å². The molecule has 6 nitrogen and oxygen atoms in total. The van der Waals surface area contributed by atoms with E-state index in [-0.39, 0.29) is 17.3 Å². The molecule has 1 heterocycles. The molecule has 3 aromatic rings. The zero-order valence-corrected chi connectivity index (χ0v) is 18.3. The number of carboxylic acid groups (broad SMARTS) is 1. The summed E-state index contributed by atoms with van der Waals surface area (Å²) in [5, 5.41) is 14.1. The predicted octanol–water partition coefficient (Wildman–Crippen LogP) is 4.53. The largest absolute Gasteiger partial charge is 0.478 e. The van der Waals surface area contributed by atoms with Crippen molar-refractivity contribution in [1.29, 1.82) is 0 Å². The van der Waals surface area contributed by atoms with Crippen molar-refractivity contribution >= 4 is 5.97 Å². The van der Waals surface area contributed by atoms with Crippen LogP contribution >= 0.6 is 0 Å². The molecule has 0 unspecified atom stereocenters. The first-order valence-corrected chi connectivity index (χ1v) is 11.1. The Hall–Kier alpha value is -3.59. The molecule has 2 aromatic carbocycles. The summed E-state index contributed by atoms with van der Waals surface area (Å²) in [6.45, 7) is 2.20. The first kappa shape index (κ1) is 21.6. The smallest absolute Gasteiger partial charge is 0.346 e. The number of hydrogen-bond donors (Lipinski definition) is 1. The normalized spacial score (nSPS) is 14.0. The van der Waals surface area contributed by atoms with Crippen molar-refractivity contribution in [2.75, 3.05) is 0 Å². The van der Waals surface area contributed by atoms with Crippen molar-refractivity contribution < 1.29 is 9.90 Å². The Balaban J connectivity index is 1.63. The quantitative estimate of drug-likeness (QED) is 0.584. The molecule has 0 radical (unpaired) electrons. The minimum absolute atomic E-state index is 0.0786. The van der Waals surface area contributed by atoms with Gasteiger partial charge >= 0.3 is 11.7 Å². The number of hydrogen-bond acceptors (Lipinski definition) is 3. The Bertz CT molecular complexity index is 1220. The van der Waals surface area contributed by atoms with Gasteiger partial charge in [0.25, 0.3) is 0 Å². The molecule has 164 valence electrons. The third-order valence-corrected chi connectivity index (χ3v) is 6.07. The molecule has 1 N–H and O–H groups in total. The van der Waals surface area contributed by atoms with E-state index in [9.17, 15) is 14.7 Å². The number of aromatic carboxylic acids is 1. The van der Waals surface area contributed by atoms with Crippen LogP contribution in [-0.4, -0.2) is 25.4 Å². The highest BCUT2D eigenvalue weighted by atomic mass is 16.4. The van der Waals surface area contributed by atoms with Gasteiger partial charge in [-0.25, -0.2) is 14.3 Å². The second-order valence-electron chi connectivity index (χ2n) is 8.17. The topological polar surface area (TPSA) is 77.1 Å². The Labute approximate surface area is 187 Å². The van der Waals surface area contributed by atoms with Crippen molar-refractivity contribution in [3.8, 4) is 23.0 Å². The minimum Gasteiger partial charge on any atom is -0.478 e. The molecule has 0 saturated heterocycles. The monoisotopic (exact) mass is 429 g/mol. The maximum absolute atomic E-state index is 13.2. The van der Waals surface area contributed by atoms with Gasteiger partial charge in [-0.3, -0.25) is 4.57 Å². The fourth-order valence-corrected chi connectivity index (χ4v) is 4.37. The van der Waals surface area contributed by atoms with Gasteiger partial charge in [-0.15, -0.1) is 5.92 Å². The molecule has 0 atom stereocenters. The molecule has 1 saturated carbocycles. The van der Waals surface area contributed by atoms with E-state index >= 15 is 0 Å². The zero-order chi connectivity index (χ0) is 22.5. The number of benzene rings is 2. The van der Waals surface area contributed by atoms with E-state index in [0.29, 0.717) is 24.4 Å². The molecule has 1 aliphatic carbocycles. The summed E-state index contributed by atoms with van der Waals surface area (Å²) in [4.78, 5) is 24.8. The summed E-state index contributed by atoms with van der Waals surface area (Å²) in [7, 11) is 0. The third-order valence-electron chi connectivity index (χ3n) is 6.07. The molecule has 0 aliphatic heterocycles. The maximum Gasteiger partial charge on any atom is 0.346 e. The average molecular weight is 430 g/mol. The fraction of sp³-hybridized carbons (Fsp3) is 0.346. The lowest BCUT2D eigenvalue weighted by atomic mass is 9.96. The maximum atomic E-state index is 13.2. The minimum atomic E-state index is -0.951. The Morgan fingerprint density at radius 3 is 2.50 bits per heavy atom. The standard InChI is InChI=1S/C26H27N3O3/c1-2-3-13-24-27-29(21-9-5-4-6-10-21)26(32)28(24)18-19-14-16-20(17-15-19)22-11-7-8-12-23(22)25(30)31/h7-8,11-12,14-17,21H,4-6,9-10,13,18H2,1H3,(H,30,31). The molecule has 32 heavy (non-hydrogen) atoms. The summed E-state index contributed by atoms with van der Waals surface area (Å²) < 4.78 is 3.39. The molecular weight excluding hydrogens is 402 g/mol. The van der Waals surface area contributed by atoms with Crippen molar-refractivity contribution in [3.63, 3.8) is 0 Å². The molecular formula is C26H27N3O3. The lowest BCUT2D eigenvalue weighted by Gasteiger charge is -2.20. The number of aromatic nitrogens is 3. The van der Waals surface area contributed by atoms with Crippen LogP contribution in [0.5, 0.6) is 0 Å². The van der Waals surface area contributed by atoms with Crippen LogP contribution < -0.4 is 5.69 Å². The zero-order valence-electron chi connectivity index (χ0n) is 18.3. The first-order chi connectivity index (χ1) is 15.6. The number of nitrogens with zero attached hydrogens (tertiary/aromatic N) is 3. The Morgan fingerprint density at radius 2 is 1.81 bits per heavy atom. The van der Waals surface area contributed by atoms with Crippen molar-refractivity contribution in [2.24, 2.45) is 0 Å². The van der Waals surface area contributed by atoms with Crippen LogP contribution in [0.15, 0.2) is 53.3 Å². The lowest BCUT2D eigenvalue weighted by molar-refractivity contribution is 0.0697. The summed E-state index contributed by atoms with van der Waals surface area (Å²) >= 11 is 0. The molecule has 1 fully saturated rings. The molecule has 1 aliphatic rings. The van der Waals surface area contributed by atoms with Crippen LogP contribution in [0.4, 0.5) is 0 Å². The SMILES string of the molecule is CC#CCc1nn(C2CCCCC2)c(=O)n1Cc1ccc(-c2ccccc2C(=O)O)cc1. The number of carboxylic acids is 1. The van der Waals surface area contributed by atoms with E-state index < -0.39 is 5.97 Å².